The molecule has 1 aliphatic rings. The van der Waals surface area contributed by atoms with Crippen LogP contribution in [0.4, 0.5) is 0 Å². The van der Waals surface area contributed by atoms with E-state index in [0.29, 0.717) is 6.04 Å². The zero-order chi connectivity index (χ0) is 11.1. The fourth-order valence-electron chi connectivity index (χ4n) is 2.48. The smallest absolute Gasteiger partial charge is 0.00386 e. The molecule has 1 atom stereocenters. The maximum absolute atomic E-state index is 3.28. The van der Waals surface area contributed by atoms with E-state index in [-0.39, 0.29) is 0 Å². The molecular weight excluding hydrogens is 182 g/mol. The minimum absolute atomic E-state index is 0.653. The van der Waals surface area contributed by atoms with Gasteiger partial charge in [0.2, 0.25) is 0 Å². The van der Waals surface area contributed by atoms with Gasteiger partial charge in [-0.25, -0.2) is 0 Å². The maximum Gasteiger partial charge on any atom is 0.00386 e. The first-order valence-electron chi connectivity index (χ1n) is 6.55. The fourth-order valence-corrected chi connectivity index (χ4v) is 2.48. The van der Waals surface area contributed by atoms with E-state index in [1.165, 1.54) is 44.9 Å². The molecule has 0 aromatic rings. The molecule has 1 heteroatoms. The van der Waals surface area contributed by atoms with Crippen LogP contribution >= 0.6 is 0 Å². The van der Waals surface area contributed by atoms with Gasteiger partial charge in [0.05, 0.1) is 0 Å². The lowest BCUT2D eigenvalue weighted by molar-refractivity contribution is 0.538. The van der Waals surface area contributed by atoms with Crippen LogP contribution < -0.4 is 5.32 Å². The van der Waals surface area contributed by atoms with E-state index in [9.17, 15) is 0 Å². The molecule has 1 nitrogen and oxygen atoms in total. The van der Waals surface area contributed by atoms with Crippen molar-refractivity contribution in [3.63, 3.8) is 0 Å². The Kier molecular flexibility index (Phi) is 6.00. The first-order valence-corrected chi connectivity index (χ1v) is 6.55. The highest BCUT2D eigenvalue weighted by Gasteiger charge is 2.14. The predicted octanol–water partition coefficient (Wildman–Crippen LogP) is 3.90. The molecule has 15 heavy (non-hydrogen) atoms. The van der Waals surface area contributed by atoms with Crippen LogP contribution in [0.15, 0.2) is 11.6 Å². The summed E-state index contributed by atoms with van der Waals surface area (Å²) in [6.45, 7) is 4.56. The molecule has 0 radical (unpaired) electrons. The third-order valence-electron chi connectivity index (χ3n) is 3.67. The van der Waals surface area contributed by atoms with Crippen molar-refractivity contribution in [3.8, 4) is 0 Å². The SMILES string of the molecule is CN[C@H](C)CC/C=C(/C)CC1CCCC1. The second kappa shape index (κ2) is 7.05. The first-order chi connectivity index (χ1) is 7.22. The molecular formula is C14H27N. The van der Waals surface area contributed by atoms with E-state index in [1.54, 1.807) is 5.57 Å². The molecule has 0 unspecified atom stereocenters. The summed E-state index contributed by atoms with van der Waals surface area (Å²) in [5, 5.41) is 3.28. The molecule has 0 aromatic carbocycles. The van der Waals surface area contributed by atoms with Crippen molar-refractivity contribution in [2.24, 2.45) is 5.92 Å². The molecule has 1 N–H and O–H groups in total. The highest BCUT2D eigenvalue weighted by molar-refractivity contribution is 5.00. The largest absolute Gasteiger partial charge is 0.317 e. The van der Waals surface area contributed by atoms with Crippen molar-refractivity contribution in [2.75, 3.05) is 7.05 Å². The normalized spacial score (nSPS) is 20.9. The number of rotatable bonds is 6. The van der Waals surface area contributed by atoms with Gasteiger partial charge in [0.25, 0.3) is 0 Å². The Labute approximate surface area is 95.3 Å². The Morgan fingerprint density at radius 3 is 2.67 bits per heavy atom. The van der Waals surface area contributed by atoms with Crippen molar-refractivity contribution in [1.29, 1.82) is 0 Å². The highest BCUT2D eigenvalue weighted by atomic mass is 14.8. The third-order valence-corrected chi connectivity index (χ3v) is 3.67. The van der Waals surface area contributed by atoms with Crippen molar-refractivity contribution < 1.29 is 0 Å². The quantitative estimate of drug-likeness (QED) is 0.654. The lowest BCUT2D eigenvalue weighted by Crippen LogP contribution is -2.20. The van der Waals surface area contributed by atoms with Crippen LogP contribution in [0, 0.1) is 5.92 Å². The summed E-state index contributed by atoms with van der Waals surface area (Å²) in [7, 11) is 2.04. The summed E-state index contributed by atoms with van der Waals surface area (Å²) in [6.07, 6.45) is 12.2. The highest BCUT2D eigenvalue weighted by Crippen LogP contribution is 2.30. The molecule has 0 aromatic heterocycles. The van der Waals surface area contributed by atoms with E-state index >= 15 is 0 Å². The third kappa shape index (κ3) is 5.36. The van der Waals surface area contributed by atoms with E-state index in [1.807, 2.05) is 7.05 Å². The summed E-state index contributed by atoms with van der Waals surface area (Å²) < 4.78 is 0. The first kappa shape index (κ1) is 12.8. The molecule has 0 heterocycles. The minimum Gasteiger partial charge on any atom is -0.317 e. The van der Waals surface area contributed by atoms with Gasteiger partial charge in [-0.1, -0.05) is 37.3 Å². The van der Waals surface area contributed by atoms with E-state index in [4.69, 9.17) is 0 Å². The Morgan fingerprint density at radius 2 is 2.07 bits per heavy atom. The van der Waals surface area contributed by atoms with Crippen molar-refractivity contribution in [2.45, 2.75) is 64.8 Å². The predicted molar refractivity (Wildman–Crippen MR) is 68.1 cm³/mol. The fraction of sp³-hybridized carbons (Fsp3) is 0.857. The molecule has 88 valence electrons. The van der Waals surface area contributed by atoms with Gasteiger partial charge in [0.15, 0.2) is 0 Å². The van der Waals surface area contributed by atoms with Gasteiger partial charge in [-0.15, -0.1) is 0 Å². The topological polar surface area (TPSA) is 12.0 Å². The molecule has 1 rings (SSSR count). The van der Waals surface area contributed by atoms with E-state index < -0.39 is 0 Å². The average Bonchev–Trinajstić information content (AvgIpc) is 2.70. The molecule has 0 bridgehead atoms. The van der Waals surface area contributed by atoms with E-state index in [0.717, 1.165) is 5.92 Å². The van der Waals surface area contributed by atoms with E-state index in [2.05, 4.69) is 25.2 Å². The molecule has 0 aliphatic heterocycles. The van der Waals surface area contributed by atoms with Gasteiger partial charge in [-0.05, 0) is 46.1 Å². The van der Waals surface area contributed by atoms with Crippen LogP contribution in [0.2, 0.25) is 0 Å². The standard InChI is InChI=1S/C14H27N/c1-12(7-6-8-13(2)15-3)11-14-9-4-5-10-14/h7,13-15H,4-6,8-11H2,1-3H3/b12-7-/t13-/m1/s1. The van der Waals surface area contributed by atoms with Crippen LogP contribution in [-0.4, -0.2) is 13.1 Å². The van der Waals surface area contributed by atoms with Crippen LogP contribution in [0.5, 0.6) is 0 Å². The van der Waals surface area contributed by atoms with Crippen molar-refractivity contribution >= 4 is 0 Å². The molecule has 1 aliphatic carbocycles. The Morgan fingerprint density at radius 1 is 1.40 bits per heavy atom. The second-order valence-electron chi connectivity index (χ2n) is 5.17. The summed E-state index contributed by atoms with van der Waals surface area (Å²) >= 11 is 0. The molecule has 1 saturated carbocycles. The molecule has 0 amide bonds. The molecule has 0 spiro atoms. The molecule has 0 saturated heterocycles. The number of hydrogen-bond donors (Lipinski definition) is 1. The van der Waals surface area contributed by atoms with Gasteiger partial charge >= 0.3 is 0 Å². The van der Waals surface area contributed by atoms with Crippen molar-refractivity contribution in [1.82, 2.24) is 5.32 Å². The lowest BCUT2D eigenvalue weighted by Gasteiger charge is -2.10. The van der Waals surface area contributed by atoms with Crippen LogP contribution in [-0.2, 0) is 0 Å². The Balaban J connectivity index is 2.14. The van der Waals surface area contributed by atoms with Gasteiger partial charge in [0, 0.05) is 6.04 Å². The summed E-state index contributed by atoms with van der Waals surface area (Å²) in [5.41, 5.74) is 1.62. The Hall–Kier alpha value is -0.300. The van der Waals surface area contributed by atoms with Crippen molar-refractivity contribution in [3.05, 3.63) is 11.6 Å². The summed E-state index contributed by atoms with van der Waals surface area (Å²) in [4.78, 5) is 0. The number of nitrogens with one attached hydrogen (secondary N) is 1. The van der Waals surface area contributed by atoms with Gasteiger partial charge in [-0.3, -0.25) is 0 Å². The minimum atomic E-state index is 0.653. The lowest BCUT2D eigenvalue weighted by atomic mass is 9.98. The second-order valence-corrected chi connectivity index (χ2v) is 5.17. The zero-order valence-electron chi connectivity index (χ0n) is 10.7. The van der Waals surface area contributed by atoms with Crippen LogP contribution in [0.3, 0.4) is 0 Å². The number of allylic oxidation sites excluding steroid dienone is 2. The summed E-state index contributed by atoms with van der Waals surface area (Å²) in [6, 6.07) is 0.653. The molecule has 1 fully saturated rings. The van der Waals surface area contributed by atoms with Crippen LogP contribution in [0.1, 0.15) is 58.8 Å². The van der Waals surface area contributed by atoms with Gasteiger partial charge in [0.1, 0.15) is 0 Å². The monoisotopic (exact) mass is 209 g/mol. The Bertz CT molecular complexity index is 190. The summed E-state index contributed by atoms with van der Waals surface area (Å²) in [5.74, 6) is 1.00. The average molecular weight is 209 g/mol. The van der Waals surface area contributed by atoms with Gasteiger partial charge in [-0.2, -0.15) is 0 Å². The zero-order valence-corrected chi connectivity index (χ0v) is 10.7. The maximum atomic E-state index is 3.28. The number of hydrogen-bond acceptors (Lipinski definition) is 1. The van der Waals surface area contributed by atoms with Crippen LogP contribution in [0.25, 0.3) is 0 Å². The van der Waals surface area contributed by atoms with Gasteiger partial charge < -0.3 is 5.32 Å².